The average molecular weight is 868 g/mol. The number of hydrogen-bond acceptors (Lipinski definition) is 20. The predicted molar refractivity (Wildman–Crippen MR) is 197 cm³/mol. The number of allylic oxidation sites excluding steroid dienone is 1. The van der Waals surface area contributed by atoms with Crippen LogP contribution in [0.5, 0.6) is 0 Å². The van der Waals surface area contributed by atoms with Crippen LogP contribution in [0.2, 0.25) is 0 Å². The molecule has 1 amide bonds. The molecule has 56 heavy (non-hydrogen) atoms. The Bertz CT molecular complexity index is 2040. The fourth-order valence-corrected chi connectivity index (χ4v) is 8.23. The Hall–Kier alpha value is -3.49. The van der Waals surface area contributed by atoms with Gasteiger partial charge in [-0.2, -0.15) is 4.98 Å². The quantitative estimate of drug-likeness (QED) is 0.0354. The van der Waals surface area contributed by atoms with Crippen LogP contribution in [0.25, 0.3) is 11.2 Å². The summed E-state index contributed by atoms with van der Waals surface area (Å²) >= 11 is 0. The highest BCUT2D eigenvalue weighted by Gasteiger charge is 2.50. The number of phosphoric ester groups is 2. The van der Waals surface area contributed by atoms with E-state index < -0.39 is 95.4 Å². The fraction of sp³-hybridized carbons (Fsp3) is 0.536. The number of ether oxygens (including phenoxy) is 3. The first kappa shape index (κ1) is 43.6. The molecule has 0 aliphatic carbocycles. The van der Waals surface area contributed by atoms with Crippen molar-refractivity contribution >= 4 is 71.9 Å². The largest absolute Gasteiger partial charge is 0.472 e. The van der Waals surface area contributed by atoms with Crippen LogP contribution in [0.1, 0.15) is 31.7 Å². The fourth-order valence-electron chi connectivity index (χ4n) is 5.62. The number of nitrogen functional groups attached to an aromatic ring is 2. The molecule has 2 fully saturated rings. The summed E-state index contributed by atoms with van der Waals surface area (Å²) in [6.07, 6.45) is -3.27. The summed E-state index contributed by atoms with van der Waals surface area (Å²) in [5, 5.41) is 14.1. The number of amides is 1. The van der Waals surface area contributed by atoms with Gasteiger partial charge in [-0.25, -0.2) is 33.7 Å². The number of carbonyl (C=O) groups is 2. The monoisotopic (exact) mass is 867 g/mol. The minimum Gasteiger partial charge on any atom is -0.455 e. The van der Waals surface area contributed by atoms with E-state index in [9.17, 15) is 43.3 Å². The molecular weight excluding hydrogens is 828 g/mol. The van der Waals surface area contributed by atoms with E-state index in [0.717, 1.165) is 10.9 Å². The maximum absolute atomic E-state index is 13.6. The van der Waals surface area contributed by atoms with Crippen molar-refractivity contribution < 1.29 is 66.3 Å². The molecule has 24 nitrogen and oxygen atoms in total. The number of fused-ring (bicyclic) bond motifs is 1. The molecule has 9 N–H and O–H groups in total. The Morgan fingerprint density at radius 1 is 1.14 bits per heavy atom. The topological polar surface area (TPSA) is 347 Å². The number of nitrogens with zero attached hydrogens (tertiary/aromatic N) is 6. The van der Waals surface area contributed by atoms with Crippen LogP contribution in [0, 0.1) is 0 Å². The second kappa shape index (κ2) is 18.8. The van der Waals surface area contributed by atoms with Gasteiger partial charge in [0.1, 0.15) is 54.3 Å². The van der Waals surface area contributed by atoms with E-state index in [-0.39, 0.29) is 41.4 Å². The zero-order valence-corrected chi connectivity index (χ0v) is 32.7. The summed E-state index contributed by atoms with van der Waals surface area (Å²) in [7, 11) is -7.66. The van der Waals surface area contributed by atoms with Crippen molar-refractivity contribution in [3.63, 3.8) is 0 Å². The highest BCUT2D eigenvalue weighted by atomic mass is 33.1. The number of aromatic nitrogens is 6. The van der Waals surface area contributed by atoms with Crippen LogP contribution in [0.3, 0.4) is 0 Å². The van der Waals surface area contributed by atoms with Crippen molar-refractivity contribution in [3.05, 3.63) is 48.1 Å². The summed E-state index contributed by atoms with van der Waals surface area (Å²) in [6.45, 7) is 1.88. The van der Waals surface area contributed by atoms with E-state index >= 15 is 0 Å². The summed E-state index contributed by atoms with van der Waals surface area (Å²) in [6, 6.07) is 0.0970. The molecule has 0 spiro atoms. The van der Waals surface area contributed by atoms with E-state index in [4.69, 9.17) is 34.7 Å². The molecule has 3 unspecified atom stereocenters. The summed E-state index contributed by atoms with van der Waals surface area (Å²) < 4.78 is 59.7. The molecule has 2 aliphatic heterocycles. The third kappa shape index (κ3) is 11.1. The van der Waals surface area contributed by atoms with Gasteiger partial charge in [0.05, 0.1) is 19.5 Å². The molecule has 9 atom stereocenters. The molecule has 3 aromatic heterocycles. The summed E-state index contributed by atoms with van der Waals surface area (Å²) in [5.41, 5.74) is 10.9. The first-order valence-electron chi connectivity index (χ1n) is 16.4. The SMILES string of the molecule is C=CCCC(=O)N[C@@H](CSSC)C(=O)O[C@@H]1C(COP(=O)(O)O[C@H]2C[C@H](n3ccc(N)nc3=O)O[C@@H]2COP(=O)(O)O)OC(n2cnc3c(N)ncnc32)[C@@H]1O. The highest BCUT2D eigenvalue weighted by molar-refractivity contribution is 8.76. The molecule has 0 bridgehead atoms. The van der Waals surface area contributed by atoms with E-state index in [1.807, 2.05) is 0 Å². The van der Waals surface area contributed by atoms with E-state index in [0.29, 0.717) is 6.42 Å². The van der Waals surface area contributed by atoms with Crippen LogP contribution >= 0.6 is 37.2 Å². The third-order valence-electron chi connectivity index (χ3n) is 8.19. The number of esters is 1. The molecule has 0 saturated carbocycles. The number of nitrogens with two attached hydrogens (primary N) is 2. The smallest absolute Gasteiger partial charge is 0.455 e. The second-order valence-corrected chi connectivity index (χ2v) is 17.3. The Morgan fingerprint density at radius 2 is 1.89 bits per heavy atom. The maximum Gasteiger partial charge on any atom is 0.472 e. The number of anilines is 2. The molecule has 308 valence electrons. The number of aliphatic hydroxyl groups excluding tert-OH is 1. The first-order valence-corrected chi connectivity index (χ1v) is 22.1. The van der Waals surface area contributed by atoms with Crippen LogP contribution < -0.4 is 22.5 Å². The number of aliphatic hydroxyl groups is 1. The van der Waals surface area contributed by atoms with Gasteiger partial charge < -0.3 is 50.8 Å². The average Bonchev–Trinajstić information content (AvgIpc) is 3.82. The van der Waals surface area contributed by atoms with E-state index in [1.165, 1.54) is 50.8 Å². The van der Waals surface area contributed by atoms with Gasteiger partial charge in [0.2, 0.25) is 5.91 Å². The Labute approximate surface area is 324 Å². The number of imidazole rings is 1. The third-order valence-corrected chi connectivity index (χ3v) is 11.5. The maximum atomic E-state index is 13.6. The van der Waals surface area contributed by atoms with Crippen molar-refractivity contribution in [1.29, 1.82) is 0 Å². The minimum absolute atomic E-state index is 0.0176. The molecular formula is C28H39N9O15P2S2. The van der Waals surface area contributed by atoms with Crippen molar-refractivity contribution in [2.45, 2.75) is 68.3 Å². The molecule has 28 heteroatoms. The van der Waals surface area contributed by atoms with Crippen LogP contribution in [0.15, 0.2) is 42.4 Å². The Balaban J connectivity index is 1.36. The standard InChI is InChI=1S/C28H39N9O15P2S2/c1-3-4-5-19(38)34-14(11-56-55-2)27(40)51-23-17(50-26(22(23)39)37-13-33-21-24(30)31-12-32-25(21)37)10-48-54(45,46)52-15-8-20(36-7-6-18(29)35-28(36)41)49-16(15)9-47-53(42,43)44/h3,6-7,12-17,20,22-23,26,39H,1,4-5,8-11H2,2H3,(H,34,38)(H,45,46)(H2,29,35,41)(H2,30,31,32)(H2,42,43,44)/t14-,15-,16+,17?,20+,22+,23+,26?/m0/s1. The van der Waals surface area contributed by atoms with Crippen molar-refractivity contribution in [1.82, 2.24) is 34.4 Å². The van der Waals surface area contributed by atoms with Gasteiger partial charge in [0.15, 0.2) is 23.8 Å². The number of phosphoric acid groups is 2. The molecule has 2 aliphatic rings. The van der Waals surface area contributed by atoms with Gasteiger partial charge in [0, 0.05) is 24.8 Å². The lowest BCUT2D eigenvalue weighted by Gasteiger charge is -2.25. The molecule has 3 aromatic rings. The first-order chi connectivity index (χ1) is 26.5. The van der Waals surface area contributed by atoms with Crippen LogP contribution in [-0.4, -0.2) is 123 Å². The zero-order chi connectivity index (χ0) is 40.8. The van der Waals surface area contributed by atoms with E-state index in [1.54, 1.807) is 6.26 Å². The minimum atomic E-state index is -5.19. The van der Waals surface area contributed by atoms with Crippen LogP contribution in [-0.2, 0) is 46.5 Å². The van der Waals surface area contributed by atoms with Crippen molar-refractivity contribution in [3.8, 4) is 0 Å². The molecule has 0 radical (unpaired) electrons. The van der Waals surface area contributed by atoms with Crippen LogP contribution in [0.4, 0.5) is 11.6 Å². The van der Waals surface area contributed by atoms with Crippen molar-refractivity contribution in [2.24, 2.45) is 0 Å². The Kier molecular flexibility index (Phi) is 14.7. The van der Waals surface area contributed by atoms with Gasteiger partial charge in [-0.1, -0.05) is 27.7 Å². The van der Waals surface area contributed by atoms with Gasteiger partial charge in [-0.3, -0.25) is 27.5 Å². The predicted octanol–water partition coefficient (Wildman–Crippen LogP) is -0.221. The molecule has 0 aromatic carbocycles. The summed E-state index contributed by atoms with van der Waals surface area (Å²) in [5.74, 6) is -1.43. The lowest BCUT2D eigenvalue weighted by molar-refractivity contribution is -0.159. The number of rotatable bonds is 19. The lowest BCUT2D eigenvalue weighted by Crippen LogP contribution is -2.47. The van der Waals surface area contributed by atoms with Gasteiger partial charge in [-0.15, -0.1) is 6.58 Å². The lowest BCUT2D eigenvalue weighted by atomic mass is 10.1. The zero-order valence-electron chi connectivity index (χ0n) is 29.3. The Morgan fingerprint density at radius 3 is 2.59 bits per heavy atom. The normalized spacial score (nSPS) is 25.5. The molecule has 5 heterocycles. The van der Waals surface area contributed by atoms with Gasteiger partial charge >= 0.3 is 27.3 Å². The van der Waals surface area contributed by atoms with Crippen molar-refractivity contribution in [2.75, 3.05) is 36.7 Å². The number of carbonyl (C=O) groups excluding carboxylic acids is 2. The van der Waals surface area contributed by atoms with Gasteiger partial charge in [-0.05, 0) is 18.7 Å². The summed E-state index contributed by atoms with van der Waals surface area (Å²) in [4.78, 5) is 83.7. The molecule has 2 saturated heterocycles. The van der Waals surface area contributed by atoms with Gasteiger partial charge in [0.25, 0.3) is 0 Å². The second-order valence-electron chi connectivity index (χ2n) is 12.0. The van der Waals surface area contributed by atoms with E-state index in [2.05, 4.69) is 36.4 Å². The highest BCUT2D eigenvalue weighted by Crippen LogP contribution is 2.50. The molecule has 5 rings (SSSR count). The number of hydrogen-bond donors (Lipinski definition) is 7. The number of nitrogens with one attached hydrogen (secondary N) is 1.